The van der Waals surface area contributed by atoms with Gasteiger partial charge in [0.1, 0.15) is 0 Å². The maximum Gasteiger partial charge on any atom is 0.0622 e. The van der Waals surface area contributed by atoms with E-state index in [-0.39, 0.29) is 6.10 Å². The second-order valence-corrected chi connectivity index (χ2v) is 10.7. The zero-order valence-corrected chi connectivity index (χ0v) is 16.2. The lowest BCUT2D eigenvalue weighted by Crippen LogP contribution is -2.51. The van der Waals surface area contributed by atoms with Gasteiger partial charge in [0.2, 0.25) is 0 Å². The van der Waals surface area contributed by atoms with Crippen molar-refractivity contribution in [1.29, 1.82) is 0 Å². The summed E-state index contributed by atoms with van der Waals surface area (Å²) in [4.78, 5) is 0. The van der Waals surface area contributed by atoms with Crippen LogP contribution in [0.2, 0.25) is 0 Å². The molecule has 0 heterocycles. The lowest BCUT2D eigenvalue weighted by atomic mass is 9.48. The molecular formula is C22H38O2. The van der Waals surface area contributed by atoms with Gasteiger partial charge in [0, 0.05) is 0 Å². The summed E-state index contributed by atoms with van der Waals surface area (Å²) in [5, 5.41) is 20.9. The fourth-order valence-corrected chi connectivity index (χ4v) is 8.43. The highest BCUT2D eigenvalue weighted by atomic mass is 16.3. The molecular weight excluding hydrogens is 296 g/mol. The summed E-state index contributed by atoms with van der Waals surface area (Å²) in [6.45, 7) is 9.05. The Bertz CT molecular complexity index is 484. The van der Waals surface area contributed by atoms with Crippen molar-refractivity contribution in [3.05, 3.63) is 0 Å². The van der Waals surface area contributed by atoms with Crippen molar-refractivity contribution in [2.45, 2.75) is 90.8 Å². The molecule has 0 amide bonds. The van der Waals surface area contributed by atoms with Gasteiger partial charge in [0.25, 0.3) is 0 Å². The van der Waals surface area contributed by atoms with Gasteiger partial charge in [-0.15, -0.1) is 0 Å². The Morgan fingerprint density at radius 3 is 2.38 bits per heavy atom. The lowest BCUT2D eigenvalue weighted by Gasteiger charge is -2.57. The number of hydrogen-bond acceptors (Lipinski definition) is 2. The molecule has 0 saturated heterocycles. The normalized spacial score (nSPS) is 58.5. The summed E-state index contributed by atoms with van der Waals surface area (Å²) in [5.74, 6) is 5.50. The molecule has 0 bridgehead atoms. The summed E-state index contributed by atoms with van der Waals surface area (Å²) >= 11 is 0. The number of hydrogen-bond donors (Lipinski definition) is 2. The molecule has 0 radical (unpaired) electrons. The van der Waals surface area contributed by atoms with Crippen LogP contribution in [0.1, 0.15) is 79.1 Å². The standard InChI is InChI=1S/C22H38O2/c1-13-11-19(14(2)23)22(4)10-8-17-16-7-9-21(3,24)12-15(16)5-6-18(17)20(13)22/h13-20,23-24H,5-12H2,1-4H3/t13-,14?,15-,16+,17-,18-,19-,20+,21-,22-/m1/s1. The molecule has 1 unspecified atom stereocenters. The van der Waals surface area contributed by atoms with E-state index in [1.807, 2.05) is 6.92 Å². The Labute approximate surface area is 148 Å². The first-order chi connectivity index (χ1) is 11.2. The monoisotopic (exact) mass is 334 g/mol. The van der Waals surface area contributed by atoms with Gasteiger partial charge >= 0.3 is 0 Å². The second kappa shape index (κ2) is 5.71. The molecule has 2 heteroatoms. The van der Waals surface area contributed by atoms with E-state index in [0.29, 0.717) is 11.3 Å². The minimum atomic E-state index is -0.407. The number of fused-ring (bicyclic) bond motifs is 5. The molecule has 4 aliphatic rings. The van der Waals surface area contributed by atoms with E-state index in [4.69, 9.17) is 0 Å². The smallest absolute Gasteiger partial charge is 0.0622 e. The zero-order chi connectivity index (χ0) is 17.3. The third kappa shape index (κ3) is 2.50. The Hall–Kier alpha value is -0.0800. The summed E-state index contributed by atoms with van der Waals surface area (Å²) in [7, 11) is 0. The molecule has 0 spiro atoms. The van der Waals surface area contributed by atoms with Crippen molar-refractivity contribution in [2.24, 2.45) is 46.8 Å². The first-order valence-electron chi connectivity index (χ1n) is 10.6. The van der Waals surface area contributed by atoms with Crippen LogP contribution < -0.4 is 0 Å². The highest BCUT2D eigenvalue weighted by molar-refractivity contribution is 5.09. The van der Waals surface area contributed by atoms with Gasteiger partial charge < -0.3 is 10.2 Å². The molecule has 0 aliphatic heterocycles. The van der Waals surface area contributed by atoms with E-state index in [0.717, 1.165) is 48.3 Å². The SMILES string of the molecule is CC(O)[C@H]1C[C@@H](C)[C@H]2[C@@H]3CC[C@@H]4C[C@](C)(O)CC[C@@H]4[C@H]3CC[C@@]21C. The minimum Gasteiger partial charge on any atom is -0.393 e. The lowest BCUT2D eigenvalue weighted by molar-refractivity contribution is -0.111. The zero-order valence-electron chi connectivity index (χ0n) is 16.2. The molecule has 2 N–H and O–H groups in total. The number of aliphatic hydroxyl groups excluding tert-OH is 1. The molecule has 138 valence electrons. The van der Waals surface area contributed by atoms with Crippen LogP contribution in [-0.2, 0) is 0 Å². The summed E-state index contributed by atoms with van der Waals surface area (Å²) in [6, 6.07) is 0. The summed E-state index contributed by atoms with van der Waals surface area (Å²) in [6.07, 6.45) is 9.76. The quantitative estimate of drug-likeness (QED) is 0.734. The highest BCUT2D eigenvalue weighted by Gasteiger charge is 2.60. The molecule has 10 atom stereocenters. The molecule has 0 aromatic carbocycles. The van der Waals surface area contributed by atoms with Crippen LogP contribution in [0.3, 0.4) is 0 Å². The van der Waals surface area contributed by atoms with Crippen LogP contribution in [0.25, 0.3) is 0 Å². The van der Waals surface area contributed by atoms with Gasteiger partial charge in [-0.05, 0) is 112 Å². The van der Waals surface area contributed by atoms with Crippen molar-refractivity contribution in [2.75, 3.05) is 0 Å². The fourth-order valence-electron chi connectivity index (χ4n) is 8.43. The van der Waals surface area contributed by atoms with Gasteiger partial charge in [-0.3, -0.25) is 0 Å². The van der Waals surface area contributed by atoms with Gasteiger partial charge in [0.15, 0.2) is 0 Å². The van der Waals surface area contributed by atoms with E-state index in [9.17, 15) is 10.2 Å². The van der Waals surface area contributed by atoms with Crippen LogP contribution >= 0.6 is 0 Å². The third-order valence-corrected chi connectivity index (χ3v) is 9.20. The first-order valence-corrected chi connectivity index (χ1v) is 10.6. The first kappa shape index (κ1) is 17.3. The largest absolute Gasteiger partial charge is 0.393 e. The predicted molar refractivity (Wildman–Crippen MR) is 97.5 cm³/mol. The maximum absolute atomic E-state index is 10.5. The van der Waals surface area contributed by atoms with E-state index in [2.05, 4.69) is 20.8 Å². The van der Waals surface area contributed by atoms with Crippen LogP contribution in [-0.4, -0.2) is 21.9 Å². The van der Waals surface area contributed by atoms with Crippen LogP contribution in [0, 0.1) is 46.8 Å². The van der Waals surface area contributed by atoms with Crippen LogP contribution in [0.5, 0.6) is 0 Å². The summed E-state index contributed by atoms with van der Waals surface area (Å²) < 4.78 is 0. The van der Waals surface area contributed by atoms with Gasteiger partial charge in [-0.25, -0.2) is 0 Å². The Morgan fingerprint density at radius 1 is 0.958 bits per heavy atom. The Balaban J connectivity index is 1.58. The molecule has 4 fully saturated rings. The van der Waals surface area contributed by atoms with Crippen molar-refractivity contribution in [3.8, 4) is 0 Å². The van der Waals surface area contributed by atoms with Gasteiger partial charge in [-0.2, -0.15) is 0 Å². The van der Waals surface area contributed by atoms with E-state index in [1.54, 1.807) is 0 Å². The minimum absolute atomic E-state index is 0.153. The molecule has 0 aromatic rings. The average molecular weight is 335 g/mol. The van der Waals surface area contributed by atoms with Crippen LogP contribution in [0.15, 0.2) is 0 Å². The van der Waals surface area contributed by atoms with E-state index < -0.39 is 5.60 Å². The molecule has 2 nitrogen and oxygen atoms in total. The third-order valence-electron chi connectivity index (χ3n) is 9.20. The molecule has 24 heavy (non-hydrogen) atoms. The van der Waals surface area contributed by atoms with Crippen molar-refractivity contribution in [1.82, 2.24) is 0 Å². The number of rotatable bonds is 1. The number of aliphatic hydroxyl groups is 2. The van der Waals surface area contributed by atoms with Crippen molar-refractivity contribution < 1.29 is 10.2 Å². The van der Waals surface area contributed by atoms with Gasteiger partial charge in [-0.1, -0.05) is 13.8 Å². The maximum atomic E-state index is 10.5. The topological polar surface area (TPSA) is 40.5 Å². The van der Waals surface area contributed by atoms with Crippen molar-refractivity contribution >= 4 is 0 Å². The second-order valence-electron chi connectivity index (χ2n) is 10.7. The van der Waals surface area contributed by atoms with E-state index in [1.165, 1.54) is 38.5 Å². The molecule has 4 aliphatic carbocycles. The predicted octanol–water partition coefficient (Wildman–Crippen LogP) is 4.63. The van der Waals surface area contributed by atoms with Crippen LogP contribution in [0.4, 0.5) is 0 Å². The fraction of sp³-hybridized carbons (Fsp3) is 1.00. The average Bonchev–Trinajstić information content (AvgIpc) is 2.77. The molecule has 4 rings (SSSR count). The molecule has 0 aromatic heterocycles. The van der Waals surface area contributed by atoms with E-state index >= 15 is 0 Å². The highest BCUT2D eigenvalue weighted by Crippen LogP contribution is 2.66. The van der Waals surface area contributed by atoms with Crippen molar-refractivity contribution in [3.63, 3.8) is 0 Å². The summed E-state index contributed by atoms with van der Waals surface area (Å²) in [5.41, 5.74) is -0.0446. The Morgan fingerprint density at radius 2 is 1.67 bits per heavy atom. The van der Waals surface area contributed by atoms with Gasteiger partial charge in [0.05, 0.1) is 11.7 Å². The Kier molecular flexibility index (Phi) is 4.12. The molecule has 4 saturated carbocycles.